The maximum absolute atomic E-state index is 6.22. The molecule has 2 N–H and O–H groups in total. The van der Waals surface area contributed by atoms with E-state index in [1.165, 1.54) is 12.0 Å². The van der Waals surface area contributed by atoms with Crippen LogP contribution in [-0.2, 0) is 0 Å². The van der Waals surface area contributed by atoms with Gasteiger partial charge in [0.1, 0.15) is 0 Å². The summed E-state index contributed by atoms with van der Waals surface area (Å²) in [4.78, 5) is 2.43. The second kappa shape index (κ2) is 5.17. The molecule has 0 bridgehead atoms. The molecule has 2 nitrogen and oxygen atoms in total. The minimum atomic E-state index is 0.318. The van der Waals surface area contributed by atoms with Crippen LogP contribution in [0.25, 0.3) is 0 Å². The molecule has 0 amide bonds. The summed E-state index contributed by atoms with van der Waals surface area (Å²) in [6.45, 7) is 4.31. The Morgan fingerprint density at radius 2 is 2.19 bits per heavy atom. The van der Waals surface area contributed by atoms with Gasteiger partial charge in [-0.25, -0.2) is 0 Å². The molecule has 1 aliphatic heterocycles. The number of hydrogen-bond donors (Lipinski definition) is 1. The minimum Gasteiger partial charge on any atom is -0.327 e. The quantitative estimate of drug-likeness (QED) is 0.859. The van der Waals surface area contributed by atoms with Gasteiger partial charge in [-0.2, -0.15) is 0 Å². The lowest BCUT2D eigenvalue weighted by Gasteiger charge is -2.35. The van der Waals surface area contributed by atoms with E-state index >= 15 is 0 Å². The van der Waals surface area contributed by atoms with Gasteiger partial charge in [-0.05, 0) is 37.9 Å². The molecule has 1 aliphatic rings. The molecule has 1 aromatic carbocycles. The molecule has 2 rings (SSSR count). The van der Waals surface area contributed by atoms with Crippen molar-refractivity contribution in [2.45, 2.75) is 31.8 Å². The zero-order valence-electron chi connectivity index (χ0n) is 9.70. The van der Waals surface area contributed by atoms with Gasteiger partial charge in [0.2, 0.25) is 0 Å². The van der Waals surface area contributed by atoms with E-state index in [1.807, 2.05) is 18.2 Å². The van der Waals surface area contributed by atoms with Crippen LogP contribution in [0.15, 0.2) is 24.3 Å². The van der Waals surface area contributed by atoms with Gasteiger partial charge in [0.15, 0.2) is 0 Å². The summed E-state index contributed by atoms with van der Waals surface area (Å²) < 4.78 is 0. The molecule has 2 atom stereocenters. The zero-order valence-corrected chi connectivity index (χ0v) is 10.5. The van der Waals surface area contributed by atoms with Crippen LogP contribution in [0.4, 0.5) is 0 Å². The van der Waals surface area contributed by atoms with Crippen molar-refractivity contribution >= 4 is 11.6 Å². The summed E-state index contributed by atoms with van der Waals surface area (Å²) in [6.07, 6.45) is 2.34. The molecule has 3 heteroatoms. The maximum Gasteiger partial charge on any atom is 0.0453 e. The van der Waals surface area contributed by atoms with E-state index in [9.17, 15) is 0 Å². The third kappa shape index (κ3) is 2.57. The van der Waals surface area contributed by atoms with Crippen molar-refractivity contribution in [1.82, 2.24) is 4.90 Å². The lowest BCUT2D eigenvalue weighted by Crippen LogP contribution is -2.43. The van der Waals surface area contributed by atoms with Gasteiger partial charge >= 0.3 is 0 Å². The fourth-order valence-corrected chi connectivity index (χ4v) is 2.70. The van der Waals surface area contributed by atoms with Crippen LogP contribution in [0.1, 0.15) is 31.4 Å². The number of nitrogens with two attached hydrogens (primary N) is 1. The van der Waals surface area contributed by atoms with Crippen LogP contribution in [0, 0.1) is 0 Å². The molecule has 2 unspecified atom stereocenters. The Kier molecular flexibility index (Phi) is 3.85. The van der Waals surface area contributed by atoms with E-state index in [2.05, 4.69) is 17.9 Å². The summed E-state index contributed by atoms with van der Waals surface area (Å²) in [5.41, 5.74) is 7.21. The summed E-state index contributed by atoms with van der Waals surface area (Å²) in [5.74, 6) is 0. The smallest absolute Gasteiger partial charge is 0.0453 e. The van der Waals surface area contributed by atoms with Crippen LogP contribution in [0.5, 0.6) is 0 Å². The Bertz CT molecular complexity index is 354. The van der Waals surface area contributed by atoms with Crippen molar-refractivity contribution in [2.24, 2.45) is 5.73 Å². The number of likely N-dealkylation sites (tertiary alicyclic amines) is 1. The molecule has 1 saturated heterocycles. The third-order valence-electron chi connectivity index (χ3n) is 3.39. The average molecular weight is 239 g/mol. The second-order valence-electron chi connectivity index (χ2n) is 4.59. The van der Waals surface area contributed by atoms with Crippen LogP contribution >= 0.6 is 11.6 Å². The number of hydrogen-bond acceptors (Lipinski definition) is 2. The third-order valence-corrected chi connectivity index (χ3v) is 3.74. The van der Waals surface area contributed by atoms with Crippen LogP contribution in [-0.4, -0.2) is 24.0 Å². The van der Waals surface area contributed by atoms with Gasteiger partial charge in [0, 0.05) is 23.7 Å². The van der Waals surface area contributed by atoms with E-state index in [0.717, 1.165) is 24.5 Å². The fourth-order valence-electron chi connectivity index (χ4n) is 2.40. The molecule has 16 heavy (non-hydrogen) atoms. The lowest BCUT2D eigenvalue weighted by atomic mass is 10.0. The Morgan fingerprint density at radius 1 is 1.44 bits per heavy atom. The first-order chi connectivity index (χ1) is 7.68. The highest BCUT2D eigenvalue weighted by molar-refractivity contribution is 6.31. The summed E-state index contributed by atoms with van der Waals surface area (Å²) in [6, 6.07) is 8.76. The average Bonchev–Trinajstić information content (AvgIpc) is 2.29. The topological polar surface area (TPSA) is 29.3 Å². The SMILES string of the molecule is CC(c1ccccc1Cl)N1CCCC(N)C1. The number of piperidine rings is 1. The Labute approximate surface area is 102 Å². The minimum absolute atomic E-state index is 0.318. The molecule has 1 fully saturated rings. The Morgan fingerprint density at radius 3 is 2.88 bits per heavy atom. The molecular weight excluding hydrogens is 220 g/mol. The molecule has 1 heterocycles. The molecule has 1 aromatic rings. The Balaban J connectivity index is 2.12. The van der Waals surface area contributed by atoms with Crippen LogP contribution < -0.4 is 5.73 Å². The summed E-state index contributed by atoms with van der Waals surface area (Å²) >= 11 is 6.22. The normalized spacial score (nSPS) is 24.3. The van der Waals surface area contributed by atoms with Crippen molar-refractivity contribution < 1.29 is 0 Å². The molecule has 0 saturated carbocycles. The second-order valence-corrected chi connectivity index (χ2v) is 5.00. The predicted octanol–water partition coefficient (Wildman–Crippen LogP) is 2.82. The van der Waals surface area contributed by atoms with E-state index in [0.29, 0.717) is 12.1 Å². The lowest BCUT2D eigenvalue weighted by molar-refractivity contribution is 0.159. The van der Waals surface area contributed by atoms with Crippen molar-refractivity contribution in [3.8, 4) is 0 Å². The highest BCUT2D eigenvalue weighted by Crippen LogP contribution is 2.28. The van der Waals surface area contributed by atoms with Gasteiger partial charge in [-0.3, -0.25) is 4.90 Å². The van der Waals surface area contributed by atoms with Crippen LogP contribution in [0.3, 0.4) is 0 Å². The van der Waals surface area contributed by atoms with Gasteiger partial charge < -0.3 is 5.73 Å². The first-order valence-corrected chi connectivity index (χ1v) is 6.30. The summed E-state index contributed by atoms with van der Waals surface area (Å²) in [7, 11) is 0. The maximum atomic E-state index is 6.22. The van der Waals surface area contributed by atoms with E-state index in [-0.39, 0.29) is 0 Å². The molecule has 0 aliphatic carbocycles. The monoisotopic (exact) mass is 238 g/mol. The van der Waals surface area contributed by atoms with Gasteiger partial charge in [0.25, 0.3) is 0 Å². The standard InChI is InChI=1S/C13H19ClN2/c1-10(12-6-2-3-7-13(12)14)16-8-4-5-11(15)9-16/h2-3,6-7,10-11H,4-5,8-9,15H2,1H3. The van der Waals surface area contributed by atoms with Crippen molar-refractivity contribution in [2.75, 3.05) is 13.1 Å². The Hall–Kier alpha value is -0.570. The molecule has 0 radical (unpaired) electrons. The van der Waals surface area contributed by atoms with E-state index in [4.69, 9.17) is 17.3 Å². The van der Waals surface area contributed by atoms with E-state index in [1.54, 1.807) is 0 Å². The number of nitrogens with zero attached hydrogens (tertiary/aromatic N) is 1. The number of rotatable bonds is 2. The molecule has 0 aromatic heterocycles. The van der Waals surface area contributed by atoms with Crippen LogP contribution in [0.2, 0.25) is 5.02 Å². The van der Waals surface area contributed by atoms with Gasteiger partial charge in [-0.1, -0.05) is 29.8 Å². The van der Waals surface area contributed by atoms with Gasteiger partial charge in [0.05, 0.1) is 0 Å². The number of halogens is 1. The summed E-state index contributed by atoms with van der Waals surface area (Å²) in [5, 5.41) is 0.856. The first kappa shape index (κ1) is 11.9. The van der Waals surface area contributed by atoms with Crippen molar-refractivity contribution in [1.29, 1.82) is 0 Å². The largest absolute Gasteiger partial charge is 0.327 e. The van der Waals surface area contributed by atoms with E-state index < -0.39 is 0 Å². The molecule has 88 valence electrons. The fraction of sp³-hybridized carbons (Fsp3) is 0.538. The molecular formula is C13H19ClN2. The highest BCUT2D eigenvalue weighted by atomic mass is 35.5. The zero-order chi connectivity index (χ0) is 11.5. The van der Waals surface area contributed by atoms with Gasteiger partial charge in [-0.15, -0.1) is 0 Å². The predicted molar refractivity (Wildman–Crippen MR) is 68.6 cm³/mol. The van der Waals surface area contributed by atoms with Crippen molar-refractivity contribution in [3.05, 3.63) is 34.9 Å². The molecule has 0 spiro atoms. The number of benzene rings is 1. The van der Waals surface area contributed by atoms with Crippen molar-refractivity contribution in [3.63, 3.8) is 0 Å². The first-order valence-electron chi connectivity index (χ1n) is 5.92. The highest BCUT2D eigenvalue weighted by Gasteiger charge is 2.23.